The number of nitrogens with one attached hydrogen (secondary N) is 1. The van der Waals surface area contributed by atoms with Gasteiger partial charge in [-0.3, -0.25) is 9.69 Å². The summed E-state index contributed by atoms with van der Waals surface area (Å²) in [4.78, 5) is 14.7. The first kappa shape index (κ1) is 19.6. The monoisotopic (exact) mass is 389 g/mol. The second-order valence-corrected chi connectivity index (χ2v) is 8.22. The number of amides is 1. The number of hydrogen-bond donors (Lipinski definition) is 2. The third-order valence-electron chi connectivity index (χ3n) is 4.49. The lowest BCUT2D eigenvalue weighted by Crippen LogP contribution is -2.36. The first-order valence-corrected chi connectivity index (χ1v) is 10.2. The summed E-state index contributed by atoms with van der Waals surface area (Å²) in [5.41, 5.74) is 6.74. The van der Waals surface area contributed by atoms with E-state index in [4.69, 9.17) is 10.5 Å². The Morgan fingerprint density at radius 3 is 2.96 bits per heavy atom. The number of aromatic nitrogens is 2. The van der Waals surface area contributed by atoms with E-state index in [9.17, 15) is 4.79 Å². The first-order chi connectivity index (χ1) is 13.0. The molecule has 0 bridgehead atoms. The summed E-state index contributed by atoms with van der Waals surface area (Å²) in [6, 6.07) is 8.20. The van der Waals surface area contributed by atoms with Crippen molar-refractivity contribution >= 4 is 27.5 Å². The van der Waals surface area contributed by atoms with Gasteiger partial charge in [-0.15, -0.1) is 10.2 Å². The number of nitrogen functional groups attached to an aromatic ring is 1. The predicted molar refractivity (Wildman–Crippen MR) is 108 cm³/mol. The molecule has 27 heavy (non-hydrogen) atoms. The molecule has 146 valence electrons. The Bertz CT molecular complexity index is 764. The van der Waals surface area contributed by atoms with Crippen LogP contribution in [0.1, 0.15) is 38.7 Å². The highest BCUT2D eigenvalue weighted by Crippen LogP contribution is 2.26. The van der Waals surface area contributed by atoms with Gasteiger partial charge in [0.1, 0.15) is 5.75 Å². The van der Waals surface area contributed by atoms with E-state index in [1.807, 2.05) is 32.0 Å². The van der Waals surface area contributed by atoms with Crippen LogP contribution in [-0.4, -0.2) is 40.2 Å². The van der Waals surface area contributed by atoms with Crippen molar-refractivity contribution in [1.82, 2.24) is 15.1 Å². The highest BCUT2D eigenvalue weighted by Gasteiger charge is 2.23. The largest absolute Gasteiger partial charge is 0.491 e. The minimum absolute atomic E-state index is 0.0264. The van der Waals surface area contributed by atoms with Gasteiger partial charge in [0.15, 0.2) is 0 Å². The summed E-state index contributed by atoms with van der Waals surface area (Å²) in [6.45, 7) is 6.87. The number of para-hydroxylation sites is 1. The van der Waals surface area contributed by atoms with Gasteiger partial charge in [0, 0.05) is 25.1 Å². The van der Waals surface area contributed by atoms with Gasteiger partial charge >= 0.3 is 0 Å². The number of nitrogens with two attached hydrogens (primary N) is 1. The van der Waals surface area contributed by atoms with E-state index in [1.165, 1.54) is 16.9 Å². The SMILES string of the molecule is CC(C)Oc1ccccc1CN1CCC[C@H](CC(=O)Nc2nnc(N)s2)C1. The Balaban J connectivity index is 1.54. The molecule has 0 aliphatic carbocycles. The molecule has 2 heterocycles. The van der Waals surface area contributed by atoms with E-state index in [-0.39, 0.29) is 12.0 Å². The van der Waals surface area contributed by atoms with Gasteiger partial charge in [0.05, 0.1) is 6.10 Å². The molecule has 7 nitrogen and oxygen atoms in total. The molecule has 1 aromatic carbocycles. The van der Waals surface area contributed by atoms with Crippen LogP contribution in [-0.2, 0) is 11.3 Å². The normalized spacial score (nSPS) is 17.8. The van der Waals surface area contributed by atoms with E-state index >= 15 is 0 Å². The molecule has 1 atom stereocenters. The molecule has 0 unspecified atom stereocenters. The molecular weight excluding hydrogens is 362 g/mol. The zero-order valence-electron chi connectivity index (χ0n) is 15.9. The maximum absolute atomic E-state index is 12.3. The number of anilines is 2. The fourth-order valence-corrected chi connectivity index (χ4v) is 3.95. The molecule has 1 aliphatic heterocycles. The molecule has 3 N–H and O–H groups in total. The van der Waals surface area contributed by atoms with Crippen LogP contribution in [0.3, 0.4) is 0 Å². The van der Waals surface area contributed by atoms with Crippen LogP contribution >= 0.6 is 11.3 Å². The maximum atomic E-state index is 12.3. The molecule has 0 spiro atoms. The van der Waals surface area contributed by atoms with Crippen LogP contribution in [0, 0.1) is 5.92 Å². The summed E-state index contributed by atoms with van der Waals surface area (Å²) in [5.74, 6) is 1.25. The molecule has 1 amide bonds. The number of carbonyl (C=O) groups excluding carboxylic acids is 1. The standard InChI is InChI=1S/C19H27N5O2S/c1-13(2)26-16-8-4-3-7-15(16)12-24-9-5-6-14(11-24)10-17(25)21-19-23-22-18(20)27-19/h3-4,7-8,13-14H,5-6,9-12H2,1-2H3,(H2,20,22)(H,21,23,25)/t14-/m1/s1. The number of rotatable bonds is 7. The maximum Gasteiger partial charge on any atom is 0.226 e. The number of likely N-dealkylation sites (tertiary alicyclic amines) is 1. The lowest BCUT2D eigenvalue weighted by atomic mass is 9.94. The average Bonchev–Trinajstić information content (AvgIpc) is 3.01. The summed E-state index contributed by atoms with van der Waals surface area (Å²) in [6.07, 6.45) is 2.79. The van der Waals surface area contributed by atoms with Crippen molar-refractivity contribution in [2.24, 2.45) is 5.92 Å². The number of hydrogen-bond acceptors (Lipinski definition) is 7. The number of carbonyl (C=O) groups is 1. The Morgan fingerprint density at radius 1 is 1.41 bits per heavy atom. The summed E-state index contributed by atoms with van der Waals surface area (Å²) in [5, 5.41) is 11.2. The third-order valence-corrected chi connectivity index (χ3v) is 5.16. The molecule has 1 saturated heterocycles. The van der Waals surface area contributed by atoms with E-state index in [1.54, 1.807) is 0 Å². The van der Waals surface area contributed by atoms with Crippen molar-refractivity contribution in [3.05, 3.63) is 29.8 Å². The molecule has 8 heteroatoms. The van der Waals surface area contributed by atoms with E-state index in [2.05, 4.69) is 26.5 Å². The fraction of sp³-hybridized carbons (Fsp3) is 0.526. The van der Waals surface area contributed by atoms with Crippen molar-refractivity contribution in [2.75, 3.05) is 24.1 Å². The number of piperidine rings is 1. The van der Waals surface area contributed by atoms with Gasteiger partial charge in [0.25, 0.3) is 0 Å². The van der Waals surface area contributed by atoms with Crippen molar-refractivity contribution < 1.29 is 9.53 Å². The van der Waals surface area contributed by atoms with Crippen LogP contribution in [0.15, 0.2) is 24.3 Å². The Morgan fingerprint density at radius 2 is 2.22 bits per heavy atom. The number of nitrogens with zero attached hydrogens (tertiary/aromatic N) is 3. The third kappa shape index (κ3) is 5.90. The molecule has 1 aromatic heterocycles. The fourth-order valence-electron chi connectivity index (χ4n) is 3.42. The Hall–Kier alpha value is -2.19. The zero-order chi connectivity index (χ0) is 19.2. The minimum atomic E-state index is -0.0264. The molecule has 2 aromatic rings. The van der Waals surface area contributed by atoms with Gasteiger partial charge in [-0.1, -0.05) is 29.5 Å². The molecule has 0 radical (unpaired) electrons. The van der Waals surface area contributed by atoms with E-state index in [0.717, 1.165) is 38.2 Å². The van der Waals surface area contributed by atoms with Crippen molar-refractivity contribution in [3.8, 4) is 5.75 Å². The minimum Gasteiger partial charge on any atom is -0.491 e. The number of benzene rings is 1. The molecule has 1 aliphatic rings. The van der Waals surface area contributed by atoms with Crippen molar-refractivity contribution in [2.45, 2.75) is 45.8 Å². The second kappa shape index (κ2) is 9.14. The van der Waals surface area contributed by atoms with Crippen LogP contribution in [0.25, 0.3) is 0 Å². The first-order valence-electron chi connectivity index (χ1n) is 9.35. The van der Waals surface area contributed by atoms with Crippen molar-refractivity contribution in [1.29, 1.82) is 0 Å². The zero-order valence-corrected chi connectivity index (χ0v) is 16.7. The van der Waals surface area contributed by atoms with Gasteiger partial charge in [0.2, 0.25) is 16.2 Å². The highest BCUT2D eigenvalue weighted by atomic mass is 32.1. The van der Waals surface area contributed by atoms with Crippen molar-refractivity contribution in [3.63, 3.8) is 0 Å². The summed E-state index contributed by atoms with van der Waals surface area (Å²) >= 11 is 1.19. The topological polar surface area (TPSA) is 93.4 Å². The smallest absolute Gasteiger partial charge is 0.226 e. The van der Waals surface area contributed by atoms with Crippen LogP contribution in [0.2, 0.25) is 0 Å². The molecule has 3 rings (SSSR count). The highest BCUT2D eigenvalue weighted by molar-refractivity contribution is 7.18. The van der Waals surface area contributed by atoms with Gasteiger partial charge in [-0.05, 0) is 45.2 Å². The van der Waals surface area contributed by atoms with Crippen LogP contribution in [0.4, 0.5) is 10.3 Å². The van der Waals surface area contributed by atoms with E-state index in [0.29, 0.717) is 22.6 Å². The second-order valence-electron chi connectivity index (χ2n) is 7.22. The van der Waals surface area contributed by atoms with Crippen LogP contribution < -0.4 is 15.8 Å². The lowest BCUT2D eigenvalue weighted by Gasteiger charge is -2.32. The van der Waals surface area contributed by atoms with E-state index < -0.39 is 0 Å². The molecule has 1 fully saturated rings. The average molecular weight is 390 g/mol. The Kier molecular flexibility index (Phi) is 6.63. The Labute approximate surface area is 163 Å². The van der Waals surface area contributed by atoms with Gasteiger partial charge in [-0.25, -0.2) is 0 Å². The van der Waals surface area contributed by atoms with Gasteiger partial charge < -0.3 is 15.8 Å². The molecule has 0 saturated carbocycles. The lowest BCUT2D eigenvalue weighted by molar-refractivity contribution is -0.117. The van der Waals surface area contributed by atoms with Crippen LogP contribution in [0.5, 0.6) is 5.75 Å². The summed E-state index contributed by atoms with van der Waals surface area (Å²) < 4.78 is 5.93. The summed E-state index contributed by atoms with van der Waals surface area (Å²) in [7, 11) is 0. The quantitative estimate of drug-likeness (QED) is 0.756. The predicted octanol–water partition coefficient (Wildman–Crippen LogP) is 3.15. The number of ether oxygens (including phenoxy) is 1. The molecular formula is C19H27N5O2S. The van der Waals surface area contributed by atoms with Gasteiger partial charge in [-0.2, -0.15) is 0 Å².